The number of nitrogens with zero attached hydrogens (tertiary/aromatic N) is 2. The first-order valence-corrected chi connectivity index (χ1v) is 5.49. The Hall–Kier alpha value is -0.940. The molecular formula is C9H12N2O2S. The second-order valence-corrected chi connectivity index (χ2v) is 4.33. The van der Waals surface area contributed by atoms with Crippen LogP contribution in [0.2, 0.25) is 0 Å². The van der Waals surface area contributed by atoms with Crippen molar-refractivity contribution in [3.63, 3.8) is 0 Å². The van der Waals surface area contributed by atoms with Gasteiger partial charge in [0, 0.05) is 5.38 Å². The third kappa shape index (κ3) is 1.53. The molecular weight excluding hydrogens is 200 g/mol. The van der Waals surface area contributed by atoms with Crippen molar-refractivity contribution in [1.82, 2.24) is 9.88 Å². The first kappa shape index (κ1) is 9.61. The van der Waals surface area contributed by atoms with E-state index in [1.165, 1.54) is 11.3 Å². The van der Waals surface area contributed by atoms with Gasteiger partial charge in [-0.05, 0) is 6.42 Å². The minimum Gasteiger partial charge on any atom is -0.386 e. The number of aliphatic hydroxyl groups is 1. The topological polar surface area (TPSA) is 53.4 Å². The van der Waals surface area contributed by atoms with Crippen molar-refractivity contribution in [2.24, 2.45) is 0 Å². The van der Waals surface area contributed by atoms with Crippen LogP contribution in [0.15, 0.2) is 10.9 Å². The third-order valence-corrected chi connectivity index (χ3v) is 3.15. The van der Waals surface area contributed by atoms with Crippen molar-refractivity contribution in [3.05, 3.63) is 16.6 Å². The Morgan fingerprint density at radius 3 is 3.00 bits per heavy atom. The quantitative estimate of drug-likeness (QED) is 0.786. The molecule has 1 aliphatic heterocycles. The number of carbonyl (C=O) groups is 1. The lowest BCUT2D eigenvalue weighted by Crippen LogP contribution is -2.63. The number of carbonyl (C=O) groups excluding carboxylic acids is 1. The van der Waals surface area contributed by atoms with Crippen molar-refractivity contribution in [2.75, 3.05) is 13.1 Å². The van der Waals surface area contributed by atoms with Crippen molar-refractivity contribution < 1.29 is 9.90 Å². The number of hydrogen-bond donors (Lipinski definition) is 1. The Morgan fingerprint density at radius 2 is 2.50 bits per heavy atom. The summed E-state index contributed by atoms with van der Waals surface area (Å²) >= 11 is 1.40. The smallest absolute Gasteiger partial charge is 0.273 e. The summed E-state index contributed by atoms with van der Waals surface area (Å²) in [7, 11) is 0. The largest absolute Gasteiger partial charge is 0.386 e. The van der Waals surface area contributed by atoms with Crippen molar-refractivity contribution in [1.29, 1.82) is 0 Å². The molecule has 0 bridgehead atoms. The molecule has 2 rings (SSSR count). The lowest BCUT2D eigenvalue weighted by atomic mass is 9.91. The Kier molecular flexibility index (Phi) is 2.28. The molecule has 0 atom stereocenters. The van der Waals surface area contributed by atoms with Gasteiger partial charge in [0.05, 0.1) is 24.2 Å². The highest BCUT2D eigenvalue weighted by Crippen LogP contribution is 2.25. The number of amides is 1. The van der Waals surface area contributed by atoms with Crippen LogP contribution in [0.5, 0.6) is 0 Å². The van der Waals surface area contributed by atoms with Crippen LogP contribution in [-0.2, 0) is 0 Å². The van der Waals surface area contributed by atoms with Gasteiger partial charge in [-0.25, -0.2) is 4.98 Å². The first-order valence-electron chi connectivity index (χ1n) is 4.54. The zero-order chi connectivity index (χ0) is 10.2. The minimum absolute atomic E-state index is 0.0793. The summed E-state index contributed by atoms with van der Waals surface area (Å²) in [6, 6.07) is 0. The Labute approximate surface area is 86.2 Å². The molecule has 5 heteroatoms. The summed E-state index contributed by atoms with van der Waals surface area (Å²) in [4.78, 5) is 17.2. The Balaban J connectivity index is 1.98. The fourth-order valence-electron chi connectivity index (χ4n) is 1.51. The van der Waals surface area contributed by atoms with Crippen LogP contribution in [0.25, 0.3) is 0 Å². The fraction of sp³-hybridized carbons (Fsp3) is 0.556. The molecule has 1 aromatic heterocycles. The highest BCUT2D eigenvalue weighted by molar-refractivity contribution is 7.07. The van der Waals surface area contributed by atoms with E-state index in [4.69, 9.17) is 0 Å². The predicted molar refractivity (Wildman–Crippen MR) is 53.3 cm³/mol. The molecule has 1 aliphatic rings. The second-order valence-electron chi connectivity index (χ2n) is 3.61. The lowest BCUT2D eigenvalue weighted by molar-refractivity contribution is -0.0827. The van der Waals surface area contributed by atoms with Crippen LogP contribution in [0, 0.1) is 0 Å². The van der Waals surface area contributed by atoms with Crippen LogP contribution in [-0.4, -0.2) is 39.6 Å². The van der Waals surface area contributed by atoms with Gasteiger partial charge >= 0.3 is 0 Å². The number of thiazole rings is 1. The van der Waals surface area contributed by atoms with Crippen LogP contribution in [0.1, 0.15) is 23.8 Å². The number of likely N-dealkylation sites (tertiary alicyclic amines) is 1. The summed E-state index contributed by atoms with van der Waals surface area (Å²) in [6.45, 7) is 2.78. The number of hydrogen-bond acceptors (Lipinski definition) is 4. The molecule has 1 aromatic rings. The van der Waals surface area contributed by atoms with Gasteiger partial charge in [-0.2, -0.15) is 0 Å². The summed E-state index contributed by atoms with van der Waals surface area (Å²) in [5.74, 6) is -0.0793. The Bertz CT molecular complexity index is 331. The van der Waals surface area contributed by atoms with Gasteiger partial charge in [0.15, 0.2) is 0 Å². The predicted octanol–water partition coefficient (Wildman–Crippen LogP) is 0.740. The van der Waals surface area contributed by atoms with Crippen LogP contribution >= 0.6 is 11.3 Å². The SMILES string of the molecule is CCC1(O)CN(C(=O)c2cscn2)C1. The average molecular weight is 212 g/mol. The van der Waals surface area contributed by atoms with E-state index in [2.05, 4.69) is 4.98 Å². The lowest BCUT2D eigenvalue weighted by Gasteiger charge is -2.45. The maximum absolute atomic E-state index is 11.7. The molecule has 1 fully saturated rings. The summed E-state index contributed by atoms with van der Waals surface area (Å²) in [5, 5.41) is 11.5. The maximum Gasteiger partial charge on any atom is 0.273 e. The third-order valence-electron chi connectivity index (χ3n) is 2.57. The summed E-state index contributed by atoms with van der Waals surface area (Å²) < 4.78 is 0. The Morgan fingerprint density at radius 1 is 1.79 bits per heavy atom. The number of aromatic nitrogens is 1. The van der Waals surface area contributed by atoms with E-state index in [9.17, 15) is 9.90 Å². The van der Waals surface area contributed by atoms with Gasteiger partial charge in [0.2, 0.25) is 0 Å². The average Bonchev–Trinajstić information content (AvgIpc) is 2.64. The molecule has 0 unspecified atom stereocenters. The van der Waals surface area contributed by atoms with E-state index in [0.717, 1.165) is 0 Å². The number of rotatable bonds is 2. The van der Waals surface area contributed by atoms with Gasteiger partial charge < -0.3 is 10.0 Å². The normalized spacial score (nSPS) is 19.1. The van der Waals surface area contributed by atoms with Gasteiger partial charge in [-0.1, -0.05) is 6.92 Å². The molecule has 76 valence electrons. The summed E-state index contributed by atoms with van der Waals surface area (Å²) in [6.07, 6.45) is 0.688. The summed E-state index contributed by atoms with van der Waals surface area (Å²) in [5.41, 5.74) is 1.46. The van der Waals surface area contributed by atoms with E-state index >= 15 is 0 Å². The van der Waals surface area contributed by atoms with Crippen LogP contribution in [0.3, 0.4) is 0 Å². The van der Waals surface area contributed by atoms with E-state index in [1.54, 1.807) is 15.8 Å². The van der Waals surface area contributed by atoms with E-state index in [-0.39, 0.29) is 5.91 Å². The zero-order valence-electron chi connectivity index (χ0n) is 7.93. The van der Waals surface area contributed by atoms with E-state index < -0.39 is 5.60 Å². The minimum atomic E-state index is -0.661. The molecule has 2 heterocycles. The molecule has 4 nitrogen and oxygen atoms in total. The maximum atomic E-state index is 11.7. The van der Waals surface area contributed by atoms with Crippen molar-refractivity contribution >= 4 is 17.2 Å². The highest BCUT2D eigenvalue weighted by Gasteiger charge is 2.42. The highest BCUT2D eigenvalue weighted by atomic mass is 32.1. The van der Waals surface area contributed by atoms with E-state index in [1.807, 2.05) is 6.92 Å². The van der Waals surface area contributed by atoms with Crippen molar-refractivity contribution in [3.8, 4) is 0 Å². The van der Waals surface area contributed by atoms with Gasteiger partial charge in [0.1, 0.15) is 5.69 Å². The molecule has 1 saturated heterocycles. The monoisotopic (exact) mass is 212 g/mol. The van der Waals surface area contributed by atoms with Crippen LogP contribution in [0.4, 0.5) is 0 Å². The van der Waals surface area contributed by atoms with Crippen molar-refractivity contribution in [2.45, 2.75) is 18.9 Å². The molecule has 0 saturated carbocycles. The first-order chi connectivity index (χ1) is 6.64. The molecule has 0 aliphatic carbocycles. The van der Waals surface area contributed by atoms with Gasteiger partial charge in [-0.15, -0.1) is 11.3 Å². The second kappa shape index (κ2) is 3.33. The molecule has 0 aromatic carbocycles. The molecule has 0 radical (unpaired) electrons. The fourth-order valence-corrected chi connectivity index (χ4v) is 2.04. The molecule has 0 spiro atoms. The van der Waals surface area contributed by atoms with Gasteiger partial charge in [0.25, 0.3) is 5.91 Å². The molecule has 1 amide bonds. The molecule has 14 heavy (non-hydrogen) atoms. The van der Waals surface area contributed by atoms with Gasteiger partial charge in [-0.3, -0.25) is 4.79 Å². The zero-order valence-corrected chi connectivity index (χ0v) is 8.75. The van der Waals surface area contributed by atoms with Crippen LogP contribution < -0.4 is 0 Å². The standard InChI is InChI=1S/C9H12N2O2S/c1-2-9(13)4-11(5-9)8(12)7-3-14-6-10-7/h3,6,13H,2,4-5H2,1H3. The molecule has 1 N–H and O–H groups in total. The van der Waals surface area contributed by atoms with E-state index in [0.29, 0.717) is 25.2 Å². The number of β-amino-alcohol motifs (C(OH)–C–C–N with tert-alkyl or cyclic N) is 1.